The Morgan fingerprint density at radius 1 is 1.19 bits per heavy atom. The minimum absolute atomic E-state index is 0.155. The van der Waals surface area contributed by atoms with Gasteiger partial charge in [0.1, 0.15) is 0 Å². The maximum Gasteiger partial charge on any atom is 0.220 e. The number of hydrogen-bond acceptors (Lipinski definition) is 3. The van der Waals surface area contributed by atoms with E-state index in [1.165, 1.54) is 16.7 Å². The lowest BCUT2D eigenvalue weighted by Crippen LogP contribution is -2.42. The van der Waals surface area contributed by atoms with Crippen molar-refractivity contribution in [1.82, 2.24) is 20.4 Å². The first-order valence-electron chi connectivity index (χ1n) is 9.61. The highest BCUT2D eigenvalue weighted by atomic mass is 16.1. The summed E-state index contributed by atoms with van der Waals surface area (Å²) in [5, 5.41) is 11.2. The molecule has 0 bridgehead atoms. The van der Waals surface area contributed by atoms with Gasteiger partial charge < -0.3 is 10.6 Å². The third-order valence-corrected chi connectivity index (χ3v) is 5.29. The second-order valence-electron chi connectivity index (χ2n) is 7.38. The predicted molar refractivity (Wildman–Crippen MR) is 104 cm³/mol. The molecule has 1 fully saturated rings. The molecule has 1 aliphatic rings. The van der Waals surface area contributed by atoms with Crippen LogP contribution in [0.25, 0.3) is 0 Å². The quantitative estimate of drug-likeness (QED) is 0.838. The maximum atomic E-state index is 12.3. The molecule has 0 spiro atoms. The number of carbonyl (C=O) groups is 1. The van der Waals surface area contributed by atoms with E-state index in [2.05, 4.69) is 53.4 Å². The van der Waals surface area contributed by atoms with Crippen LogP contribution in [0.15, 0.2) is 24.3 Å². The van der Waals surface area contributed by atoms with E-state index < -0.39 is 0 Å². The van der Waals surface area contributed by atoms with E-state index in [1.807, 2.05) is 6.92 Å². The summed E-state index contributed by atoms with van der Waals surface area (Å²) in [6.45, 7) is 9.01. The second kappa shape index (κ2) is 8.49. The van der Waals surface area contributed by atoms with Crippen LogP contribution in [0.4, 0.5) is 0 Å². The highest BCUT2D eigenvalue weighted by Crippen LogP contribution is 2.17. The first-order valence-corrected chi connectivity index (χ1v) is 9.61. The van der Waals surface area contributed by atoms with Crippen molar-refractivity contribution in [3.63, 3.8) is 0 Å². The molecule has 3 rings (SSSR count). The Balaban J connectivity index is 1.58. The number of rotatable bonds is 6. The van der Waals surface area contributed by atoms with Crippen molar-refractivity contribution in [2.24, 2.45) is 0 Å². The van der Waals surface area contributed by atoms with Gasteiger partial charge in [0.2, 0.25) is 5.91 Å². The largest absolute Gasteiger partial charge is 0.353 e. The number of hydrogen-bond donors (Lipinski definition) is 2. The number of nitrogens with one attached hydrogen (secondary N) is 2. The van der Waals surface area contributed by atoms with E-state index in [4.69, 9.17) is 5.10 Å². The molecule has 0 unspecified atom stereocenters. The van der Waals surface area contributed by atoms with Crippen molar-refractivity contribution >= 4 is 5.91 Å². The summed E-state index contributed by atoms with van der Waals surface area (Å²) in [5.41, 5.74) is 5.92. The lowest BCUT2D eigenvalue weighted by Gasteiger charge is -2.23. The molecule has 26 heavy (non-hydrogen) atoms. The topological polar surface area (TPSA) is 59.0 Å². The van der Waals surface area contributed by atoms with Gasteiger partial charge in [-0.25, -0.2) is 0 Å². The lowest BCUT2D eigenvalue weighted by molar-refractivity contribution is -0.121. The van der Waals surface area contributed by atoms with Crippen LogP contribution >= 0.6 is 0 Å². The third kappa shape index (κ3) is 4.73. The van der Waals surface area contributed by atoms with E-state index in [1.54, 1.807) is 0 Å². The molecule has 1 aliphatic heterocycles. The number of nitrogens with zero attached hydrogens (tertiary/aromatic N) is 2. The first-order chi connectivity index (χ1) is 12.5. The van der Waals surface area contributed by atoms with Crippen LogP contribution in [0.3, 0.4) is 0 Å². The van der Waals surface area contributed by atoms with Crippen molar-refractivity contribution < 1.29 is 4.79 Å². The van der Waals surface area contributed by atoms with E-state index in [-0.39, 0.29) is 5.91 Å². The minimum atomic E-state index is 0.155. The zero-order valence-corrected chi connectivity index (χ0v) is 16.1. The van der Waals surface area contributed by atoms with Gasteiger partial charge in [-0.05, 0) is 64.3 Å². The molecular weight excluding hydrogens is 324 g/mol. The molecule has 1 amide bonds. The fourth-order valence-corrected chi connectivity index (χ4v) is 3.62. The normalized spacial score (nSPS) is 15.2. The summed E-state index contributed by atoms with van der Waals surface area (Å²) in [5.74, 6) is 0.155. The number of carbonyl (C=O) groups excluding carboxylic acids is 1. The van der Waals surface area contributed by atoms with Crippen molar-refractivity contribution in [3.05, 3.63) is 52.3 Å². The molecule has 0 saturated carbocycles. The molecule has 2 heterocycles. The molecule has 2 aromatic rings. The van der Waals surface area contributed by atoms with Crippen LogP contribution in [0.5, 0.6) is 0 Å². The van der Waals surface area contributed by atoms with Crippen molar-refractivity contribution in [2.45, 2.75) is 59.0 Å². The summed E-state index contributed by atoms with van der Waals surface area (Å²) < 4.78 is 2.06. The van der Waals surface area contributed by atoms with Gasteiger partial charge in [-0.1, -0.05) is 29.8 Å². The summed E-state index contributed by atoms with van der Waals surface area (Å²) in [4.78, 5) is 12.3. The summed E-state index contributed by atoms with van der Waals surface area (Å²) >= 11 is 0. The Bertz CT molecular complexity index is 742. The fourth-order valence-electron chi connectivity index (χ4n) is 3.62. The van der Waals surface area contributed by atoms with Crippen molar-refractivity contribution in [2.75, 3.05) is 13.1 Å². The van der Waals surface area contributed by atoms with Crippen molar-refractivity contribution in [3.8, 4) is 0 Å². The van der Waals surface area contributed by atoms with Crippen LogP contribution in [-0.2, 0) is 17.8 Å². The van der Waals surface area contributed by atoms with Gasteiger partial charge in [0.25, 0.3) is 0 Å². The number of aromatic nitrogens is 2. The SMILES string of the molecule is Cc1ccc(Cn2nc(C)c(CCC(=O)NC3CCNCC3)c2C)cc1. The molecule has 5 heteroatoms. The molecule has 0 atom stereocenters. The zero-order chi connectivity index (χ0) is 18.5. The van der Waals surface area contributed by atoms with Gasteiger partial charge in [0, 0.05) is 18.2 Å². The molecule has 0 radical (unpaired) electrons. The van der Waals surface area contributed by atoms with Gasteiger partial charge in [0.15, 0.2) is 0 Å². The Kier molecular flexibility index (Phi) is 6.09. The van der Waals surface area contributed by atoms with Gasteiger partial charge in [0.05, 0.1) is 12.2 Å². The molecule has 2 N–H and O–H groups in total. The number of benzene rings is 1. The van der Waals surface area contributed by atoms with E-state index >= 15 is 0 Å². The highest BCUT2D eigenvalue weighted by Gasteiger charge is 2.17. The van der Waals surface area contributed by atoms with Crippen LogP contribution in [0.2, 0.25) is 0 Å². The van der Waals surface area contributed by atoms with Crippen molar-refractivity contribution in [1.29, 1.82) is 0 Å². The summed E-state index contributed by atoms with van der Waals surface area (Å²) in [6.07, 6.45) is 3.33. The van der Waals surface area contributed by atoms with Gasteiger partial charge >= 0.3 is 0 Å². The van der Waals surface area contributed by atoms with E-state index in [0.717, 1.165) is 50.3 Å². The number of piperidine rings is 1. The minimum Gasteiger partial charge on any atom is -0.353 e. The Labute approximate surface area is 156 Å². The van der Waals surface area contributed by atoms with Crippen LogP contribution in [0.1, 0.15) is 47.3 Å². The molecule has 0 aliphatic carbocycles. The second-order valence-corrected chi connectivity index (χ2v) is 7.38. The van der Waals surface area contributed by atoms with Crippen LogP contribution in [-0.4, -0.2) is 34.8 Å². The Hall–Kier alpha value is -2.14. The van der Waals surface area contributed by atoms with Gasteiger partial charge in [-0.15, -0.1) is 0 Å². The van der Waals surface area contributed by atoms with Crippen LogP contribution < -0.4 is 10.6 Å². The smallest absolute Gasteiger partial charge is 0.220 e. The third-order valence-electron chi connectivity index (χ3n) is 5.29. The fraction of sp³-hybridized carbons (Fsp3) is 0.524. The van der Waals surface area contributed by atoms with E-state index in [0.29, 0.717) is 12.5 Å². The summed E-state index contributed by atoms with van der Waals surface area (Å²) in [7, 11) is 0. The molecule has 1 aromatic heterocycles. The average molecular weight is 354 g/mol. The highest BCUT2D eigenvalue weighted by molar-refractivity contribution is 5.76. The van der Waals surface area contributed by atoms with Gasteiger partial charge in [-0.3, -0.25) is 9.48 Å². The predicted octanol–water partition coefficient (Wildman–Crippen LogP) is 2.66. The molecule has 140 valence electrons. The van der Waals surface area contributed by atoms with Gasteiger partial charge in [-0.2, -0.15) is 5.10 Å². The molecule has 5 nitrogen and oxygen atoms in total. The number of aryl methyl sites for hydroxylation is 2. The summed E-state index contributed by atoms with van der Waals surface area (Å²) in [6, 6.07) is 8.89. The Morgan fingerprint density at radius 3 is 2.58 bits per heavy atom. The Morgan fingerprint density at radius 2 is 1.88 bits per heavy atom. The zero-order valence-electron chi connectivity index (χ0n) is 16.1. The lowest BCUT2D eigenvalue weighted by atomic mass is 10.0. The average Bonchev–Trinajstić information content (AvgIpc) is 2.89. The molecule has 1 saturated heterocycles. The maximum absolute atomic E-state index is 12.3. The standard InChI is InChI=1S/C21H30N4O/c1-15-4-6-18(7-5-15)14-25-17(3)20(16(2)24-25)8-9-21(26)23-19-10-12-22-13-11-19/h4-7,19,22H,8-14H2,1-3H3,(H,23,26). The first kappa shape index (κ1) is 18.6. The van der Waals surface area contributed by atoms with Crippen LogP contribution in [0, 0.1) is 20.8 Å². The number of amides is 1. The molecular formula is C21H30N4O. The van der Waals surface area contributed by atoms with E-state index in [9.17, 15) is 4.79 Å². The molecule has 1 aromatic carbocycles. The monoisotopic (exact) mass is 354 g/mol.